The Kier molecular flexibility index (Phi) is 8.35. The zero-order valence-corrected chi connectivity index (χ0v) is 16.4. The molecule has 92 valence electrons. The van der Waals surface area contributed by atoms with Crippen LogP contribution >= 0.6 is 0 Å². The molecule has 0 unspecified atom stereocenters. The first-order valence-corrected chi connectivity index (χ1v) is 6.55. The number of hydrogen-bond acceptors (Lipinski definition) is 1. The van der Waals surface area contributed by atoms with Crippen molar-refractivity contribution < 1.29 is 0 Å². The van der Waals surface area contributed by atoms with Gasteiger partial charge in [0.05, 0.1) is 0 Å². The molecule has 0 atom stereocenters. The second-order valence-electron chi connectivity index (χ2n) is 4.90. The summed E-state index contributed by atoms with van der Waals surface area (Å²) < 4.78 is 0. The topological polar surface area (TPSA) is 12.9 Å². The Labute approximate surface area is 165 Å². The average Bonchev–Trinajstić information content (AvgIpc) is 3.03. The van der Waals surface area contributed by atoms with E-state index in [2.05, 4.69) is 66.8 Å². The first kappa shape index (κ1) is 18.2. The van der Waals surface area contributed by atoms with E-state index in [1.807, 2.05) is 0 Å². The van der Waals surface area contributed by atoms with Crippen LogP contribution in [0.5, 0.6) is 0 Å². The first-order chi connectivity index (χ1) is 8.90. The maximum atomic E-state index is 4.76. The van der Waals surface area contributed by atoms with Crippen LogP contribution in [-0.2, 0) is 12.8 Å². The standard InChI is InChI=1S/C17H17N.2Na/c1-2-7-14(6-1)12-16-10-5-11-17(18-16)13-15-8-3-4-9-15;;/h1-11,14-15H,12-13H2;;. The molecule has 0 amide bonds. The zero-order valence-electron chi connectivity index (χ0n) is 12.4. The third-order valence-electron chi connectivity index (χ3n) is 3.41. The molecule has 0 saturated carbocycles. The molecular weight excluding hydrogens is 264 g/mol. The number of allylic oxidation sites excluding steroid dienone is 8. The van der Waals surface area contributed by atoms with E-state index in [-0.39, 0.29) is 59.1 Å². The first-order valence-electron chi connectivity index (χ1n) is 6.55. The van der Waals surface area contributed by atoms with Crippen molar-refractivity contribution in [3.05, 3.63) is 78.2 Å². The molecule has 2 radical (unpaired) electrons. The van der Waals surface area contributed by atoms with Gasteiger partial charge in [-0.15, -0.1) is 0 Å². The third kappa shape index (κ3) is 5.14. The van der Waals surface area contributed by atoms with E-state index in [9.17, 15) is 0 Å². The van der Waals surface area contributed by atoms with E-state index < -0.39 is 0 Å². The number of hydrogen-bond donors (Lipinski definition) is 0. The van der Waals surface area contributed by atoms with Crippen LogP contribution in [0.4, 0.5) is 0 Å². The summed E-state index contributed by atoms with van der Waals surface area (Å²) in [5, 5.41) is 0. The van der Waals surface area contributed by atoms with Gasteiger partial charge in [-0.2, -0.15) is 0 Å². The smallest absolute Gasteiger partial charge is 0.0415 e. The third-order valence-corrected chi connectivity index (χ3v) is 3.41. The van der Waals surface area contributed by atoms with Gasteiger partial charge in [0.25, 0.3) is 0 Å². The maximum Gasteiger partial charge on any atom is 0.0415 e. The molecule has 3 rings (SSSR count). The molecule has 1 aromatic heterocycles. The minimum absolute atomic E-state index is 0. The van der Waals surface area contributed by atoms with E-state index in [0.29, 0.717) is 11.8 Å². The molecule has 0 saturated heterocycles. The van der Waals surface area contributed by atoms with Crippen molar-refractivity contribution in [3.8, 4) is 0 Å². The number of nitrogens with zero attached hydrogens (tertiary/aromatic N) is 1. The summed E-state index contributed by atoms with van der Waals surface area (Å²) in [5.74, 6) is 1.05. The Balaban J connectivity index is 0.000001000. The summed E-state index contributed by atoms with van der Waals surface area (Å²) in [5.41, 5.74) is 2.39. The van der Waals surface area contributed by atoms with Gasteiger partial charge in [-0.25, -0.2) is 0 Å². The van der Waals surface area contributed by atoms with Gasteiger partial charge in [0.1, 0.15) is 0 Å². The molecule has 2 aliphatic rings. The van der Waals surface area contributed by atoms with Crippen LogP contribution in [0.2, 0.25) is 0 Å². The summed E-state index contributed by atoms with van der Waals surface area (Å²) in [6.07, 6.45) is 19.4. The van der Waals surface area contributed by atoms with Gasteiger partial charge in [-0.3, -0.25) is 4.98 Å². The Bertz CT molecular complexity index is 474. The predicted octanol–water partition coefficient (Wildman–Crippen LogP) is 2.89. The van der Waals surface area contributed by atoms with Crippen molar-refractivity contribution in [2.24, 2.45) is 11.8 Å². The molecule has 0 spiro atoms. The second-order valence-corrected chi connectivity index (χ2v) is 4.90. The molecule has 20 heavy (non-hydrogen) atoms. The monoisotopic (exact) mass is 281 g/mol. The quantitative estimate of drug-likeness (QED) is 0.773. The molecule has 1 aromatic rings. The minimum Gasteiger partial charge on any atom is -0.258 e. The van der Waals surface area contributed by atoms with Crippen LogP contribution in [0, 0.1) is 11.8 Å². The molecule has 1 nitrogen and oxygen atoms in total. The molecule has 3 heteroatoms. The fourth-order valence-corrected chi connectivity index (χ4v) is 2.47. The summed E-state index contributed by atoms with van der Waals surface area (Å²) in [7, 11) is 0. The maximum absolute atomic E-state index is 4.76. The van der Waals surface area contributed by atoms with Crippen LogP contribution in [0.15, 0.2) is 66.8 Å². The van der Waals surface area contributed by atoms with Crippen molar-refractivity contribution in [1.29, 1.82) is 0 Å². The van der Waals surface area contributed by atoms with Crippen LogP contribution in [0.1, 0.15) is 11.4 Å². The molecule has 0 aliphatic heterocycles. The number of pyridine rings is 1. The van der Waals surface area contributed by atoms with Gasteiger partial charge < -0.3 is 0 Å². The van der Waals surface area contributed by atoms with E-state index in [0.717, 1.165) is 12.8 Å². The second kappa shape index (κ2) is 9.19. The Morgan fingerprint density at radius 3 is 1.50 bits per heavy atom. The fourth-order valence-electron chi connectivity index (χ4n) is 2.47. The minimum atomic E-state index is 0. The fraction of sp³-hybridized carbons (Fsp3) is 0.235. The van der Waals surface area contributed by atoms with Crippen molar-refractivity contribution in [2.75, 3.05) is 0 Å². The van der Waals surface area contributed by atoms with E-state index in [1.54, 1.807) is 0 Å². The SMILES string of the molecule is C1=CC(Cc2cccc(CC3C=CC=C3)n2)C=C1.[Na].[Na]. The van der Waals surface area contributed by atoms with Crippen LogP contribution < -0.4 is 0 Å². The van der Waals surface area contributed by atoms with Gasteiger partial charge in [0.15, 0.2) is 0 Å². The normalized spacial score (nSPS) is 16.4. The molecule has 0 bridgehead atoms. The van der Waals surface area contributed by atoms with Gasteiger partial charge in [0, 0.05) is 82.3 Å². The van der Waals surface area contributed by atoms with Crippen molar-refractivity contribution in [2.45, 2.75) is 12.8 Å². The molecule has 0 N–H and O–H groups in total. The Morgan fingerprint density at radius 2 is 1.10 bits per heavy atom. The van der Waals surface area contributed by atoms with Crippen LogP contribution in [-0.4, -0.2) is 64.1 Å². The summed E-state index contributed by atoms with van der Waals surface area (Å²) in [6, 6.07) is 6.38. The molecule has 2 aliphatic carbocycles. The van der Waals surface area contributed by atoms with Gasteiger partial charge in [-0.05, 0) is 25.0 Å². The number of aromatic nitrogens is 1. The summed E-state index contributed by atoms with van der Waals surface area (Å²) >= 11 is 0. The zero-order chi connectivity index (χ0) is 12.2. The molecular formula is C17H17NNa2. The van der Waals surface area contributed by atoms with Crippen molar-refractivity contribution in [3.63, 3.8) is 0 Å². The van der Waals surface area contributed by atoms with Gasteiger partial charge in [-0.1, -0.05) is 54.7 Å². The van der Waals surface area contributed by atoms with Gasteiger partial charge in [0.2, 0.25) is 0 Å². The van der Waals surface area contributed by atoms with Crippen molar-refractivity contribution >= 4 is 59.1 Å². The molecule has 0 aromatic carbocycles. The van der Waals surface area contributed by atoms with Crippen molar-refractivity contribution in [1.82, 2.24) is 4.98 Å². The summed E-state index contributed by atoms with van der Waals surface area (Å²) in [4.78, 5) is 4.76. The predicted molar refractivity (Wildman–Crippen MR) is 86.7 cm³/mol. The van der Waals surface area contributed by atoms with Crippen LogP contribution in [0.25, 0.3) is 0 Å². The average molecular weight is 281 g/mol. The van der Waals surface area contributed by atoms with Gasteiger partial charge >= 0.3 is 0 Å². The van der Waals surface area contributed by atoms with E-state index in [4.69, 9.17) is 4.98 Å². The molecule has 1 heterocycles. The van der Waals surface area contributed by atoms with E-state index in [1.165, 1.54) is 11.4 Å². The largest absolute Gasteiger partial charge is 0.258 e. The molecule has 0 fully saturated rings. The number of rotatable bonds is 4. The van der Waals surface area contributed by atoms with Crippen LogP contribution in [0.3, 0.4) is 0 Å². The Morgan fingerprint density at radius 1 is 0.700 bits per heavy atom. The van der Waals surface area contributed by atoms with E-state index >= 15 is 0 Å². The Hall–Kier alpha value is 0.110. The summed E-state index contributed by atoms with van der Waals surface area (Å²) in [6.45, 7) is 0.